The maximum absolute atomic E-state index is 12.9. The van der Waals surface area contributed by atoms with Crippen molar-refractivity contribution in [2.45, 2.75) is 26.3 Å². The second-order valence-corrected chi connectivity index (χ2v) is 5.85. The number of hydrogen-bond acceptors (Lipinski definition) is 3. The summed E-state index contributed by atoms with van der Waals surface area (Å²) in [6, 6.07) is 12.2. The fourth-order valence-electron chi connectivity index (χ4n) is 2.68. The maximum atomic E-state index is 12.9. The molecule has 2 aromatic carbocycles. The average Bonchev–Trinajstić information content (AvgIpc) is 2.60. The second-order valence-electron chi connectivity index (χ2n) is 5.85. The number of unbranched alkanes of at least 4 members (excludes halogenated alkanes) is 1. The van der Waals surface area contributed by atoms with Gasteiger partial charge < -0.3 is 15.0 Å². The summed E-state index contributed by atoms with van der Waals surface area (Å²) in [4.78, 5) is 13.8. The lowest BCUT2D eigenvalue weighted by molar-refractivity contribution is -0.121. The summed E-state index contributed by atoms with van der Waals surface area (Å²) in [5.41, 5.74) is 2.73. The first-order chi connectivity index (χ1) is 11.7. The van der Waals surface area contributed by atoms with Gasteiger partial charge in [-0.25, -0.2) is 4.39 Å². The number of amides is 1. The van der Waals surface area contributed by atoms with E-state index in [2.05, 4.69) is 12.2 Å². The van der Waals surface area contributed by atoms with E-state index in [0.29, 0.717) is 13.1 Å². The Balaban J connectivity index is 1.71. The Morgan fingerprint density at radius 2 is 2.00 bits per heavy atom. The van der Waals surface area contributed by atoms with Gasteiger partial charge in [-0.1, -0.05) is 25.5 Å². The Morgan fingerprint density at radius 3 is 2.75 bits per heavy atom. The molecule has 0 radical (unpaired) electrons. The predicted octanol–water partition coefficient (Wildman–Crippen LogP) is 3.96. The summed E-state index contributed by atoms with van der Waals surface area (Å²) < 4.78 is 18.5. The molecule has 1 N–H and O–H groups in total. The molecule has 0 saturated heterocycles. The molecule has 2 aromatic rings. The minimum atomic E-state index is -0.238. The molecule has 0 bridgehead atoms. The van der Waals surface area contributed by atoms with Gasteiger partial charge in [0.1, 0.15) is 11.6 Å². The van der Waals surface area contributed by atoms with Gasteiger partial charge >= 0.3 is 0 Å². The number of carbonyl (C=O) groups is 1. The number of fused-ring (bicyclic) bond motifs is 1. The number of halogens is 1. The highest BCUT2D eigenvalue weighted by Gasteiger charge is 2.25. The third-order valence-corrected chi connectivity index (χ3v) is 4.05. The van der Waals surface area contributed by atoms with Crippen molar-refractivity contribution >= 4 is 17.3 Å². The Kier molecular flexibility index (Phi) is 4.99. The number of carbonyl (C=O) groups excluding carboxylic acids is 1. The standard InChI is InChI=1S/C19H21FN2O2/c1-2-3-10-22-17-9-8-16(11-18(17)24-13-19(22)23)21-12-14-4-6-15(20)7-5-14/h4-9,11,21H,2-3,10,12-13H2,1H3. The van der Waals surface area contributed by atoms with Crippen molar-refractivity contribution in [3.05, 3.63) is 53.8 Å². The zero-order chi connectivity index (χ0) is 16.9. The van der Waals surface area contributed by atoms with Crippen molar-refractivity contribution in [1.82, 2.24) is 0 Å². The van der Waals surface area contributed by atoms with Crippen molar-refractivity contribution in [2.24, 2.45) is 0 Å². The smallest absolute Gasteiger partial charge is 0.265 e. The van der Waals surface area contributed by atoms with Crippen molar-refractivity contribution < 1.29 is 13.9 Å². The van der Waals surface area contributed by atoms with Crippen LogP contribution in [-0.4, -0.2) is 19.1 Å². The molecule has 1 heterocycles. The predicted molar refractivity (Wildman–Crippen MR) is 92.9 cm³/mol. The van der Waals surface area contributed by atoms with E-state index in [9.17, 15) is 9.18 Å². The first-order valence-electron chi connectivity index (χ1n) is 8.23. The van der Waals surface area contributed by atoms with Crippen LogP contribution in [-0.2, 0) is 11.3 Å². The van der Waals surface area contributed by atoms with Gasteiger partial charge in [0.05, 0.1) is 5.69 Å². The molecule has 0 aromatic heterocycles. The molecular weight excluding hydrogens is 307 g/mol. The minimum absolute atomic E-state index is 0.00275. The summed E-state index contributed by atoms with van der Waals surface area (Å²) in [5, 5.41) is 3.29. The number of nitrogens with one attached hydrogen (secondary N) is 1. The van der Waals surface area contributed by atoms with Crippen molar-refractivity contribution in [3.63, 3.8) is 0 Å². The van der Waals surface area contributed by atoms with Gasteiger partial charge in [-0.15, -0.1) is 0 Å². The van der Waals surface area contributed by atoms with E-state index < -0.39 is 0 Å². The van der Waals surface area contributed by atoms with Gasteiger partial charge in [0.15, 0.2) is 6.61 Å². The number of benzene rings is 2. The van der Waals surface area contributed by atoms with E-state index in [0.717, 1.165) is 35.5 Å². The Morgan fingerprint density at radius 1 is 1.21 bits per heavy atom. The average molecular weight is 328 g/mol. The third kappa shape index (κ3) is 3.67. The highest BCUT2D eigenvalue weighted by Crippen LogP contribution is 2.34. The van der Waals surface area contributed by atoms with E-state index in [1.165, 1.54) is 12.1 Å². The Labute approximate surface area is 141 Å². The molecule has 24 heavy (non-hydrogen) atoms. The molecule has 3 rings (SSSR count). The zero-order valence-electron chi connectivity index (χ0n) is 13.7. The molecule has 0 saturated carbocycles. The van der Waals surface area contributed by atoms with E-state index >= 15 is 0 Å². The summed E-state index contributed by atoms with van der Waals surface area (Å²) in [7, 11) is 0. The largest absolute Gasteiger partial charge is 0.481 e. The zero-order valence-corrected chi connectivity index (χ0v) is 13.7. The van der Waals surface area contributed by atoms with Crippen LogP contribution in [0.15, 0.2) is 42.5 Å². The molecule has 4 nitrogen and oxygen atoms in total. The van der Waals surface area contributed by atoms with Crippen LogP contribution in [0.3, 0.4) is 0 Å². The van der Waals surface area contributed by atoms with Crippen LogP contribution >= 0.6 is 0 Å². The number of ether oxygens (including phenoxy) is 1. The lowest BCUT2D eigenvalue weighted by Crippen LogP contribution is -2.39. The molecular formula is C19H21FN2O2. The third-order valence-electron chi connectivity index (χ3n) is 4.05. The van der Waals surface area contributed by atoms with Crippen LogP contribution in [0.5, 0.6) is 5.75 Å². The van der Waals surface area contributed by atoms with Gasteiger partial charge in [-0.2, -0.15) is 0 Å². The SMILES string of the molecule is CCCCN1C(=O)COc2cc(NCc3ccc(F)cc3)ccc21. The summed E-state index contributed by atoms with van der Waals surface area (Å²) in [5.74, 6) is 0.482. The second kappa shape index (κ2) is 7.34. The van der Waals surface area contributed by atoms with E-state index in [1.54, 1.807) is 17.0 Å². The molecule has 0 aliphatic carbocycles. The molecule has 1 aliphatic heterocycles. The van der Waals surface area contributed by atoms with Crippen LogP contribution < -0.4 is 15.0 Å². The molecule has 1 aliphatic rings. The molecule has 0 unspecified atom stereocenters. The first kappa shape index (κ1) is 16.3. The fraction of sp³-hybridized carbons (Fsp3) is 0.316. The summed E-state index contributed by atoms with van der Waals surface area (Å²) >= 11 is 0. The van der Waals surface area contributed by atoms with Crippen LogP contribution in [0.2, 0.25) is 0 Å². The fourth-order valence-corrected chi connectivity index (χ4v) is 2.68. The Bertz CT molecular complexity index is 716. The lowest BCUT2D eigenvalue weighted by Gasteiger charge is -2.29. The molecule has 0 atom stereocenters. The van der Waals surface area contributed by atoms with Gasteiger partial charge in [0.2, 0.25) is 0 Å². The van der Waals surface area contributed by atoms with Gasteiger partial charge in [0, 0.05) is 24.8 Å². The normalized spacial score (nSPS) is 13.4. The minimum Gasteiger partial charge on any atom is -0.481 e. The van der Waals surface area contributed by atoms with Crippen molar-refractivity contribution in [2.75, 3.05) is 23.4 Å². The quantitative estimate of drug-likeness (QED) is 0.872. The first-order valence-corrected chi connectivity index (χ1v) is 8.23. The van der Waals surface area contributed by atoms with Crippen LogP contribution in [0.1, 0.15) is 25.3 Å². The number of hydrogen-bond donors (Lipinski definition) is 1. The van der Waals surface area contributed by atoms with Crippen LogP contribution in [0.25, 0.3) is 0 Å². The lowest BCUT2D eigenvalue weighted by atomic mass is 10.1. The van der Waals surface area contributed by atoms with E-state index in [-0.39, 0.29) is 18.3 Å². The van der Waals surface area contributed by atoms with E-state index in [1.807, 2.05) is 18.2 Å². The summed E-state index contributed by atoms with van der Waals surface area (Å²) in [6.45, 7) is 3.50. The number of anilines is 2. The molecule has 0 fully saturated rings. The van der Waals surface area contributed by atoms with Gasteiger partial charge in [-0.3, -0.25) is 4.79 Å². The highest BCUT2D eigenvalue weighted by atomic mass is 19.1. The van der Waals surface area contributed by atoms with Crippen LogP contribution in [0, 0.1) is 5.82 Å². The van der Waals surface area contributed by atoms with Crippen LogP contribution in [0.4, 0.5) is 15.8 Å². The molecule has 5 heteroatoms. The van der Waals surface area contributed by atoms with Crippen molar-refractivity contribution in [1.29, 1.82) is 0 Å². The topological polar surface area (TPSA) is 41.6 Å². The van der Waals surface area contributed by atoms with Gasteiger partial charge in [0.25, 0.3) is 5.91 Å². The number of nitrogens with zero attached hydrogens (tertiary/aromatic N) is 1. The maximum Gasteiger partial charge on any atom is 0.265 e. The van der Waals surface area contributed by atoms with Crippen molar-refractivity contribution in [3.8, 4) is 5.75 Å². The summed E-state index contributed by atoms with van der Waals surface area (Å²) in [6.07, 6.45) is 2.01. The molecule has 126 valence electrons. The highest BCUT2D eigenvalue weighted by molar-refractivity contribution is 5.98. The molecule has 1 amide bonds. The van der Waals surface area contributed by atoms with E-state index in [4.69, 9.17) is 4.74 Å². The number of rotatable bonds is 6. The Hall–Kier alpha value is -2.56. The monoisotopic (exact) mass is 328 g/mol. The molecule has 0 spiro atoms. The van der Waals surface area contributed by atoms with Gasteiger partial charge in [-0.05, 0) is 36.2 Å².